The number of hydrogen-bond acceptors (Lipinski definition) is 14. The Morgan fingerprint density at radius 1 is 0.694 bits per heavy atom. The van der Waals surface area contributed by atoms with Gasteiger partial charge in [-0.2, -0.15) is 0 Å². The first-order chi connectivity index (χ1) is 29.4. The van der Waals surface area contributed by atoms with Crippen molar-refractivity contribution < 1.29 is 43.5 Å². The van der Waals surface area contributed by atoms with Gasteiger partial charge in [0.2, 0.25) is 47.3 Å². The van der Waals surface area contributed by atoms with Crippen LogP contribution in [-0.4, -0.2) is 146 Å². The van der Waals surface area contributed by atoms with E-state index in [0.717, 1.165) is 0 Å². The summed E-state index contributed by atoms with van der Waals surface area (Å²) in [7, 11) is 0. The van der Waals surface area contributed by atoms with E-state index in [9.17, 15) is 43.5 Å². The molecule has 8 amide bonds. The Hall–Kier alpha value is -5.26. The first kappa shape index (κ1) is 52.9. The molecule has 1 aromatic rings. The molecule has 0 spiro atoms. The molecular formula is C40H69N13O9. The maximum atomic E-state index is 14.2. The van der Waals surface area contributed by atoms with Crippen LogP contribution in [-0.2, 0) is 44.8 Å². The number of carbonyl (C=O) groups excluding carboxylic acids is 8. The average Bonchev–Trinajstić information content (AvgIpc) is 3.22. The molecule has 2 rings (SSSR count). The van der Waals surface area contributed by atoms with Gasteiger partial charge in [0, 0.05) is 19.5 Å². The van der Waals surface area contributed by atoms with Crippen LogP contribution in [0.4, 0.5) is 0 Å². The SMILES string of the molecule is CCNC[C@H](N)C(=O)N[C@H]1CCNC(=O)[C@H]([C@@H](C)O)NC(=O)[C@H](CCN)NC(=O)[C@H](CCN)NC(=O)[C@H](CC(C)C)NC(=O)[C@@H](Cc2ccccc2)NC(=O)[C@H](CCN)NC1=O. The summed E-state index contributed by atoms with van der Waals surface area (Å²) >= 11 is 0. The quantitative estimate of drug-likeness (QED) is 0.0738. The third-order valence-corrected chi connectivity index (χ3v) is 9.90. The highest BCUT2D eigenvalue weighted by Gasteiger charge is 2.35. The average molecular weight is 876 g/mol. The molecule has 0 bridgehead atoms. The fourth-order valence-electron chi connectivity index (χ4n) is 6.48. The minimum absolute atomic E-state index is 0.0317. The summed E-state index contributed by atoms with van der Waals surface area (Å²) in [5.74, 6) is -6.56. The number of amides is 8. The topological polar surface area (TPSA) is 369 Å². The van der Waals surface area contributed by atoms with Crippen molar-refractivity contribution >= 4 is 47.3 Å². The Labute approximate surface area is 362 Å². The van der Waals surface area contributed by atoms with Gasteiger partial charge in [-0.25, -0.2) is 0 Å². The Morgan fingerprint density at radius 3 is 1.66 bits per heavy atom. The maximum Gasteiger partial charge on any atom is 0.245 e. The zero-order chi connectivity index (χ0) is 46.4. The Kier molecular flexibility index (Phi) is 23.6. The lowest BCUT2D eigenvalue weighted by molar-refractivity contribution is -0.136. The molecular weight excluding hydrogens is 807 g/mol. The molecule has 0 unspecified atom stereocenters. The minimum Gasteiger partial charge on any atom is -0.391 e. The van der Waals surface area contributed by atoms with Gasteiger partial charge < -0.3 is 75.9 Å². The van der Waals surface area contributed by atoms with Crippen molar-refractivity contribution in [2.24, 2.45) is 28.9 Å². The largest absolute Gasteiger partial charge is 0.391 e. The van der Waals surface area contributed by atoms with Gasteiger partial charge in [0.25, 0.3) is 0 Å². The molecule has 0 aromatic heterocycles. The van der Waals surface area contributed by atoms with E-state index in [1.165, 1.54) is 6.92 Å². The van der Waals surface area contributed by atoms with E-state index in [1.54, 1.807) is 30.3 Å². The van der Waals surface area contributed by atoms with Crippen LogP contribution in [0.5, 0.6) is 0 Å². The highest BCUT2D eigenvalue weighted by Crippen LogP contribution is 2.10. The monoisotopic (exact) mass is 876 g/mol. The normalized spacial score (nSPS) is 25.2. The molecule has 1 aliphatic rings. The standard InChI is InChI=1S/C40H69N13O9/c1-5-45-21-25(44)33(55)47-29-14-18-46-40(62)32(23(4)54)53-37(59)28(13-17-43)49-34(56)26(11-15-41)50-38(60)30(19-22(2)3)51-39(61)31(20-24-9-7-6-8-10-24)52-35(57)27(12-16-42)48-36(29)58/h6-10,22-23,25-32,45,54H,5,11-21,41-44H2,1-4H3,(H,46,62)(H,47,55)(H,48,58)(H,49,56)(H,50,60)(H,51,61)(H,52,57)(H,53,59)/t23-,25+,26+,27+,28+,29+,30+,31-,32+/m1/s1. The van der Waals surface area contributed by atoms with Gasteiger partial charge in [0.05, 0.1) is 12.1 Å². The number of nitrogens with two attached hydrogens (primary N) is 4. The van der Waals surface area contributed by atoms with Crippen molar-refractivity contribution in [3.8, 4) is 0 Å². The van der Waals surface area contributed by atoms with Crippen molar-refractivity contribution in [3.05, 3.63) is 35.9 Å². The number of rotatable bonds is 16. The fraction of sp³-hybridized carbons (Fsp3) is 0.650. The summed E-state index contributed by atoms with van der Waals surface area (Å²) in [6.45, 7) is 6.78. The van der Waals surface area contributed by atoms with Crippen LogP contribution in [0.15, 0.2) is 30.3 Å². The summed E-state index contributed by atoms with van der Waals surface area (Å²) in [4.78, 5) is 110. The number of hydrogen-bond donors (Lipinski definition) is 14. The lowest BCUT2D eigenvalue weighted by atomic mass is 10.00. The van der Waals surface area contributed by atoms with Crippen molar-refractivity contribution in [2.75, 3.05) is 39.3 Å². The van der Waals surface area contributed by atoms with E-state index in [1.807, 2.05) is 20.8 Å². The summed E-state index contributed by atoms with van der Waals surface area (Å²) < 4.78 is 0. The van der Waals surface area contributed by atoms with Crippen LogP contribution in [0.2, 0.25) is 0 Å². The molecule has 18 N–H and O–H groups in total. The molecule has 1 aliphatic heterocycles. The Morgan fingerprint density at radius 2 is 1.16 bits per heavy atom. The van der Waals surface area contributed by atoms with Crippen LogP contribution < -0.4 is 70.8 Å². The molecule has 1 heterocycles. The van der Waals surface area contributed by atoms with Gasteiger partial charge in [-0.3, -0.25) is 38.4 Å². The predicted molar refractivity (Wildman–Crippen MR) is 230 cm³/mol. The summed E-state index contributed by atoms with van der Waals surface area (Å²) in [5, 5.41) is 34.2. The number of carbonyl (C=O) groups is 8. The number of aliphatic hydroxyl groups excluding tert-OH is 1. The number of aliphatic hydroxyl groups is 1. The van der Waals surface area contributed by atoms with E-state index in [2.05, 4.69) is 47.9 Å². The molecule has 1 aromatic carbocycles. The molecule has 1 saturated heterocycles. The Bertz CT molecular complexity index is 1640. The van der Waals surface area contributed by atoms with E-state index < -0.39 is 102 Å². The second-order valence-electron chi connectivity index (χ2n) is 15.6. The van der Waals surface area contributed by atoms with Crippen molar-refractivity contribution in [1.29, 1.82) is 0 Å². The molecule has 0 saturated carbocycles. The molecule has 22 heteroatoms. The van der Waals surface area contributed by atoms with Crippen molar-refractivity contribution in [3.63, 3.8) is 0 Å². The lowest BCUT2D eigenvalue weighted by Gasteiger charge is -2.28. The van der Waals surface area contributed by atoms with E-state index in [-0.39, 0.29) is 77.2 Å². The summed E-state index contributed by atoms with van der Waals surface area (Å²) in [6, 6.07) is -1.72. The van der Waals surface area contributed by atoms with Gasteiger partial charge >= 0.3 is 0 Å². The van der Waals surface area contributed by atoms with Gasteiger partial charge in [-0.05, 0) is 76.7 Å². The van der Waals surface area contributed by atoms with Gasteiger partial charge in [0.1, 0.15) is 42.3 Å². The molecule has 22 nitrogen and oxygen atoms in total. The second kappa shape index (κ2) is 27.6. The first-order valence-corrected chi connectivity index (χ1v) is 21.1. The lowest BCUT2D eigenvalue weighted by Crippen LogP contribution is -2.61. The van der Waals surface area contributed by atoms with Crippen LogP contribution in [0.1, 0.15) is 65.4 Å². The van der Waals surface area contributed by atoms with Crippen LogP contribution >= 0.6 is 0 Å². The molecule has 62 heavy (non-hydrogen) atoms. The molecule has 348 valence electrons. The highest BCUT2D eigenvalue weighted by atomic mass is 16.3. The van der Waals surface area contributed by atoms with Crippen LogP contribution in [0.25, 0.3) is 0 Å². The summed E-state index contributed by atoms with van der Waals surface area (Å²) in [6.07, 6.45) is -1.90. The molecule has 0 aliphatic carbocycles. The fourth-order valence-corrected chi connectivity index (χ4v) is 6.48. The third-order valence-electron chi connectivity index (χ3n) is 9.90. The van der Waals surface area contributed by atoms with Crippen molar-refractivity contribution in [2.45, 2.75) is 121 Å². The second-order valence-corrected chi connectivity index (χ2v) is 15.6. The number of nitrogens with one attached hydrogen (secondary N) is 9. The van der Waals surface area contributed by atoms with E-state index in [4.69, 9.17) is 22.9 Å². The molecule has 0 radical (unpaired) electrons. The molecule has 9 atom stereocenters. The van der Waals surface area contributed by atoms with E-state index in [0.29, 0.717) is 12.1 Å². The molecule has 1 fully saturated rings. The minimum atomic E-state index is -1.56. The smallest absolute Gasteiger partial charge is 0.245 e. The Balaban J connectivity index is 2.69. The van der Waals surface area contributed by atoms with Crippen LogP contribution in [0, 0.1) is 5.92 Å². The van der Waals surface area contributed by atoms with Gasteiger partial charge in [-0.15, -0.1) is 0 Å². The van der Waals surface area contributed by atoms with Gasteiger partial charge in [0.15, 0.2) is 0 Å². The van der Waals surface area contributed by atoms with Crippen molar-refractivity contribution in [1.82, 2.24) is 47.9 Å². The van der Waals surface area contributed by atoms with Crippen LogP contribution in [0.3, 0.4) is 0 Å². The summed E-state index contributed by atoms with van der Waals surface area (Å²) in [5.41, 5.74) is 24.2. The number of benzene rings is 1. The maximum absolute atomic E-state index is 14.2. The first-order valence-electron chi connectivity index (χ1n) is 21.1. The zero-order valence-corrected chi connectivity index (χ0v) is 36.2. The predicted octanol–water partition coefficient (Wildman–Crippen LogP) is -5.45. The van der Waals surface area contributed by atoms with Gasteiger partial charge in [-0.1, -0.05) is 51.1 Å². The van der Waals surface area contributed by atoms with E-state index >= 15 is 0 Å². The third kappa shape index (κ3) is 18.0. The number of likely N-dealkylation sites (N-methyl/N-ethyl adjacent to an activating group) is 1. The zero-order valence-electron chi connectivity index (χ0n) is 36.2. The highest BCUT2D eigenvalue weighted by molar-refractivity contribution is 5.98.